The molecule has 5 nitrogen and oxygen atoms in total. The number of urea groups is 1. The van der Waals surface area contributed by atoms with Gasteiger partial charge >= 0.3 is 12.0 Å². The number of anilines is 1. The molecule has 1 fully saturated rings. The fourth-order valence-electron chi connectivity index (χ4n) is 3.37. The molecule has 21 heavy (non-hydrogen) atoms. The predicted octanol–water partition coefficient (Wildman–Crippen LogP) is 2.40. The third-order valence-corrected chi connectivity index (χ3v) is 4.50. The van der Waals surface area contributed by atoms with Crippen molar-refractivity contribution in [2.24, 2.45) is 5.92 Å². The molecule has 112 valence electrons. The zero-order chi connectivity index (χ0) is 14.8. The van der Waals surface area contributed by atoms with E-state index in [0.717, 1.165) is 18.4 Å². The summed E-state index contributed by atoms with van der Waals surface area (Å²) in [6.45, 7) is 0.643. The summed E-state index contributed by atoms with van der Waals surface area (Å²) in [7, 11) is 0. The standard InChI is InChI=1S/C16H20N2O3/c19-15(20)14-9-12-7-3-4-8-13(12)18(14)16(21)17-10-11-5-1-2-6-11/h3-4,7-8,11,14H,1-2,5-6,9-10H2,(H,17,21)(H,19,20). The molecular formula is C16H20N2O3. The summed E-state index contributed by atoms with van der Waals surface area (Å²) in [5, 5.41) is 12.3. The summed E-state index contributed by atoms with van der Waals surface area (Å²) in [6.07, 6.45) is 5.14. The summed E-state index contributed by atoms with van der Waals surface area (Å²) < 4.78 is 0. The van der Waals surface area contributed by atoms with Crippen molar-refractivity contribution in [1.82, 2.24) is 5.32 Å². The highest BCUT2D eigenvalue weighted by Gasteiger charge is 2.38. The number of nitrogens with one attached hydrogen (secondary N) is 1. The Morgan fingerprint density at radius 1 is 1.24 bits per heavy atom. The van der Waals surface area contributed by atoms with Gasteiger partial charge in [-0.25, -0.2) is 9.59 Å². The van der Waals surface area contributed by atoms with Gasteiger partial charge in [0.1, 0.15) is 6.04 Å². The zero-order valence-corrected chi connectivity index (χ0v) is 11.9. The number of carboxylic acids is 1. The smallest absolute Gasteiger partial charge is 0.327 e. The average molecular weight is 288 g/mol. The summed E-state index contributed by atoms with van der Waals surface area (Å²) in [5.74, 6) is -0.419. The number of carbonyl (C=O) groups excluding carboxylic acids is 1. The molecule has 1 aliphatic carbocycles. The Labute approximate surface area is 123 Å². The van der Waals surface area contributed by atoms with Gasteiger partial charge in [-0.3, -0.25) is 4.90 Å². The number of amides is 2. The fourth-order valence-corrected chi connectivity index (χ4v) is 3.37. The van der Waals surface area contributed by atoms with Crippen molar-refractivity contribution in [3.05, 3.63) is 29.8 Å². The molecule has 1 heterocycles. The highest BCUT2D eigenvalue weighted by Crippen LogP contribution is 2.32. The lowest BCUT2D eigenvalue weighted by Gasteiger charge is -2.24. The van der Waals surface area contributed by atoms with Crippen LogP contribution in [-0.2, 0) is 11.2 Å². The molecule has 0 spiro atoms. The van der Waals surface area contributed by atoms with Crippen LogP contribution in [-0.4, -0.2) is 29.7 Å². The van der Waals surface area contributed by atoms with E-state index in [9.17, 15) is 14.7 Å². The maximum atomic E-state index is 12.4. The molecule has 3 rings (SSSR count). The molecule has 2 aliphatic rings. The van der Waals surface area contributed by atoms with E-state index in [0.29, 0.717) is 24.6 Å². The van der Waals surface area contributed by atoms with E-state index in [4.69, 9.17) is 0 Å². The van der Waals surface area contributed by atoms with Gasteiger partial charge in [-0.1, -0.05) is 31.0 Å². The van der Waals surface area contributed by atoms with Crippen molar-refractivity contribution in [1.29, 1.82) is 0 Å². The Kier molecular flexibility index (Phi) is 3.82. The van der Waals surface area contributed by atoms with Gasteiger partial charge < -0.3 is 10.4 Å². The Hall–Kier alpha value is -2.04. The third-order valence-electron chi connectivity index (χ3n) is 4.50. The van der Waals surface area contributed by atoms with Crippen LogP contribution in [0, 0.1) is 5.92 Å². The summed E-state index contributed by atoms with van der Waals surface area (Å²) in [4.78, 5) is 25.3. The number of para-hydroxylation sites is 1. The van der Waals surface area contributed by atoms with Gasteiger partial charge in [0.05, 0.1) is 0 Å². The van der Waals surface area contributed by atoms with Crippen LogP contribution in [0.15, 0.2) is 24.3 Å². The van der Waals surface area contributed by atoms with Crippen LogP contribution in [0.2, 0.25) is 0 Å². The first-order valence-corrected chi connectivity index (χ1v) is 7.54. The lowest BCUT2D eigenvalue weighted by atomic mass is 10.1. The molecule has 2 amide bonds. The minimum Gasteiger partial charge on any atom is -0.480 e. The molecule has 1 aromatic carbocycles. The minimum absolute atomic E-state index is 0.292. The van der Waals surface area contributed by atoms with Gasteiger partial charge in [0, 0.05) is 18.7 Å². The maximum absolute atomic E-state index is 12.4. The molecular weight excluding hydrogens is 268 g/mol. The van der Waals surface area contributed by atoms with Gasteiger partial charge in [0.15, 0.2) is 0 Å². The number of fused-ring (bicyclic) bond motifs is 1. The first-order chi connectivity index (χ1) is 10.2. The van der Waals surface area contributed by atoms with E-state index >= 15 is 0 Å². The SMILES string of the molecule is O=C(O)C1Cc2ccccc2N1C(=O)NCC1CCCC1. The molecule has 0 saturated heterocycles. The second kappa shape index (κ2) is 5.76. The molecule has 1 aromatic rings. The molecule has 0 radical (unpaired) electrons. The first kappa shape index (κ1) is 13.9. The van der Waals surface area contributed by atoms with E-state index in [-0.39, 0.29) is 6.03 Å². The van der Waals surface area contributed by atoms with E-state index in [1.807, 2.05) is 24.3 Å². The monoisotopic (exact) mass is 288 g/mol. The van der Waals surface area contributed by atoms with Gasteiger partial charge in [-0.15, -0.1) is 0 Å². The quantitative estimate of drug-likeness (QED) is 0.897. The minimum atomic E-state index is -0.956. The van der Waals surface area contributed by atoms with Crippen molar-refractivity contribution in [2.75, 3.05) is 11.4 Å². The second-order valence-electron chi connectivity index (χ2n) is 5.89. The Balaban J connectivity index is 1.73. The van der Waals surface area contributed by atoms with Gasteiger partial charge in [-0.2, -0.15) is 0 Å². The molecule has 0 bridgehead atoms. The number of carboxylic acid groups (broad SMARTS) is 1. The van der Waals surface area contributed by atoms with Crippen molar-refractivity contribution < 1.29 is 14.7 Å². The maximum Gasteiger partial charge on any atom is 0.327 e. The number of rotatable bonds is 3. The Morgan fingerprint density at radius 2 is 1.95 bits per heavy atom. The van der Waals surface area contributed by atoms with E-state index in [1.54, 1.807) is 0 Å². The highest BCUT2D eigenvalue weighted by molar-refractivity contribution is 6.01. The second-order valence-corrected chi connectivity index (χ2v) is 5.89. The van der Waals surface area contributed by atoms with Crippen molar-refractivity contribution in [3.8, 4) is 0 Å². The van der Waals surface area contributed by atoms with Crippen molar-refractivity contribution >= 4 is 17.7 Å². The van der Waals surface area contributed by atoms with Crippen molar-refractivity contribution in [3.63, 3.8) is 0 Å². The van der Waals surface area contributed by atoms with Crippen LogP contribution in [0.1, 0.15) is 31.2 Å². The van der Waals surface area contributed by atoms with Crippen LogP contribution in [0.5, 0.6) is 0 Å². The van der Waals surface area contributed by atoms with Gasteiger partial charge in [0.2, 0.25) is 0 Å². The van der Waals surface area contributed by atoms with Crippen LogP contribution in [0.4, 0.5) is 10.5 Å². The highest BCUT2D eigenvalue weighted by atomic mass is 16.4. The number of nitrogens with zero attached hydrogens (tertiary/aromatic N) is 1. The molecule has 1 aliphatic heterocycles. The molecule has 0 aromatic heterocycles. The predicted molar refractivity (Wildman–Crippen MR) is 79.4 cm³/mol. The van der Waals surface area contributed by atoms with E-state index in [2.05, 4.69) is 5.32 Å². The molecule has 1 unspecified atom stereocenters. The van der Waals surface area contributed by atoms with E-state index in [1.165, 1.54) is 17.7 Å². The summed E-state index contributed by atoms with van der Waals surface area (Å²) >= 11 is 0. The normalized spacial score (nSPS) is 21.3. The molecule has 1 saturated carbocycles. The average Bonchev–Trinajstić information content (AvgIpc) is 3.11. The molecule has 1 atom stereocenters. The summed E-state index contributed by atoms with van der Waals surface area (Å²) in [5.41, 5.74) is 1.63. The number of carbonyl (C=O) groups is 2. The van der Waals surface area contributed by atoms with E-state index < -0.39 is 12.0 Å². The number of hydrogen-bond acceptors (Lipinski definition) is 2. The number of aliphatic carboxylic acids is 1. The van der Waals surface area contributed by atoms with Gasteiger partial charge in [0.25, 0.3) is 0 Å². The Morgan fingerprint density at radius 3 is 2.67 bits per heavy atom. The summed E-state index contributed by atoms with van der Waals surface area (Å²) in [6, 6.07) is 6.31. The number of hydrogen-bond donors (Lipinski definition) is 2. The third kappa shape index (κ3) is 2.73. The lowest BCUT2D eigenvalue weighted by Crippen LogP contribution is -2.48. The van der Waals surface area contributed by atoms with Crippen LogP contribution < -0.4 is 10.2 Å². The number of benzene rings is 1. The molecule has 5 heteroatoms. The van der Waals surface area contributed by atoms with Gasteiger partial charge in [-0.05, 0) is 30.4 Å². The van der Waals surface area contributed by atoms with Crippen LogP contribution >= 0.6 is 0 Å². The topological polar surface area (TPSA) is 69.6 Å². The van der Waals surface area contributed by atoms with Crippen LogP contribution in [0.3, 0.4) is 0 Å². The van der Waals surface area contributed by atoms with Crippen LogP contribution in [0.25, 0.3) is 0 Å². The fraction of sp³-hybridized carbons (Fsp3) is 0.500. The zero-order valence-electron chi connectivity index (χ0n) is 11.9. The van der Waals surface area contributed by atoms with Crippen molar-refractivity contribution in [2.45, 2.75) is 38.1 Å². The largest absolute Gasteiger partial charge is 0.480 e. The Bertz CT molecular complexity index is 552. The lowest BCUT2D eigenvalue weighted by molar-refractivity contribution is -0.138. The molecule has 2 N–H and O–H groups in total. The first-order valence-electron chi connectivity index (χ1n) is 7.54.